The topological polar surface area (TPSA) is 658 Å². The van der Waals surface area contributed by atoms with Gasteiger partial charge in [-0.05, 0) is 112 Å². The van der Waals surface area contributed by atoms with Crippen molar-refractivity contribution in [3.63, 3.8) is 0 Å². The summed E-state index contributed by atoms with van der Waals surface area (Å²) in [7, 11) is 3.87. The van der Waals surface area contributed by atoms with E-state index in [0.29, 0.717) is 69.9 Å². The van der Waals surface area contributed by atoms with Crippen molar-refractivity contribution in [2.45, 2.75) is 241 Å². The lowest BCUT2D eigenvalue weighted by molar-refractivity contribution is -0.149. The molecule has 0 saturated carbocycles. The molecule has 3 aromatic carbocycles. The van der Waals surface area contributed by atoms with Gasteiger partial charge in [-0.25, -0.2) is 4.98 Å². The van der Waals surface area contributed by atoms with E-state index >= 15 is 38.4 Å². The molecule has 17 amide bonds. The number of para-hydroxylation sites is 2. The number of carboxylic acids is 1. The number of likely N-dealkylation sites (N-methyl/N-ethyl adjacent to an activating group) is 3. The monoisotopic (exact) mass is 1920 g/mol. The summed E-state index contributed by atoms with van der Waals surface area (Å²) in [6, 6.07) is -2.43. The third-order valence-electron chi connectivity index (χ3n) is 24.6. The number of aliphatic hydroxyl groups excluding tert-OH is 1. The predicted molar refractivity (Wildman–Crippen MR) is 502 cm³/mol. The van der Waals surface area contributed by atoms with Crippen LogP contribution in [-0.4, -0.2) is 322 Å². The van der Waals surface area contributed by atoms with Crippen LogP contribution in [0.3, 0.4) is 0 Å². The Kier molecular flexibility index (Phi) is 39.8. The molecule has 15 atom stereocenters. The van der Waals surface area contributed by atoms with Crippen LogP contribution < -0.4 is 76.1 Å². The maximum atomic E-state index is 16.0. The lowest BCUT2D eigenvalue weighted by Crippen LogP contribution is -2.61. The summed E-state index contributed by atoms with van der Waals surface area (Å²) in [4.78, 5) is 279. The predicted octanol–water partition coefficient (Wildman–Crippen LogP) is -2.93. The van der Waals surface area contributed by atoms with Gasteiger partial charge in [0.1, 0.15) is 96.9 Å². The van der Waals surface area contributed by atoms with Crippen molar-refractivity contribution >= 4 is 140 Å². The normalized spacial score (nSPS) is 24.6. The average Bonchev–Trinajstić information content (AvgIpc) is 1.64. The van der Waals surface area contributed by atoms with E-state index in [0.717, 1.165) is 36.3 Å². The quantitative estimate of drug-likeness (QED) is 0.0245. The largest absolute Gasteiger partial charge is 0.508 e. The summed E-state index contributed by atoms with van der Waals surface area (Å²) in [5, 5.41) is 59.6. The second-order valence-corrected chi connectivity index (χ2v) is 36.3. The first-order chi connectivity index (χ1) is 65.2. The Labute approximate surface area is 796 Å². The standard InChI is InChI=1S/C92H129N23O21S/c1-9-11-21-71-85(129)103-62(30-32-94)82(126)109-69(80(124)99-43-76(96)119)47-137-48-77(120)101-66(35-52-25-27-56(116)28-26-52)88(132)110(6)51(5)79(123)106-68(40-75(95)118)90(134)114-33-17-24-72(114)86(130)105-64(38-55-42-97-49-100-55)84(128)107-65(34-50(3)4)91(135)115-45-57(117)39-74(115)87(131)104-63(36-53-41-98-60-20-15-13-18-58(53)60)83(127)102-61(29-31-93)81(125)108-67(89(133)112(8)73(22-12-10-2)92(136)111(71)7)37-54-44-113(46-78(121)122)70-23-16-14-19-59(54)70/h13-16,18-20,23,25-28,41-42,44,49-51,57,61-69,71-74,98,116-117H,9-12,17,21-22,24,29-40,43,45-48,93-94H2,1-8H3,(H2,95,118)(H2,96,119)(H,97,100)(H,99,124)(H,101,120)(H,102,127)(H,103,129)(H,104,131)(H,105,130)(H,106,123)(H,107,128)(H,108,125)(H,109,126)(H,121,122)/t51-,57-,61-,62-,63-,64-,65-,66-,67-,68-,69-,71-,72-,73-,74-/m0/s1. The molecule has 3 fully saturated rings. The summed E-state index contributed by atoms with van der Waals surface area (Å²) in [6.07, 6.45) is 2.95. The van der Waals surface area contributed by atoms with E-state index in [1.165, 1.54) is 75.6 Å². The Bertz CT molecular complexity index is 5300. The zero-order valence-electron chi connectivity index (χ0n) is 78.2. The van der Waals surface area contributed by atoms with Crippen molar-refractivity contribution < 1.29 is 102 Å². The molecule has 6 heterocycles. The zero-order valence-corrected chi connectivity index (χ0v) is 79.0. The number of benzene rings is 3. The summed E-state index contributed by atoms with van der Waals surface area (Å²) < 4.78 is 1.44. The van der Waals surface area contributed by atoms with E-state index in [9.17, 15) is 63.3 Å². The highest BCUT2D eigenvalue weighted by atomic mass is 32.2. The number of H-pyrrole nitrogens is 2. The first-order valence-corrected chi connectivity index (χ1v) is 47.1. The number of nitrogens with zero attached hydrogens (tertiary/aromatic N) is 7. The molecule has 0 bridgehead atoms. The third kappa shape index (κ3) is 29.5. The number of hydrogen-bond donors (Lipinski definition) is 19. The van der Waals surface area contributed by atoms with Gasteiger partial charge in [-0.1, -0.05) is 102 Å². The van der Waals surface area contributed by atoms with E-state index in [1.807, 2.05) is 13.8 Å². The second-order valence-electron chi connectivity index (χ2n) is 35.3. The molecule has 3 aliphatic rings. The number of amides is 17. The number of hydrogen-bond acceptors (Lipinski definition) is 24. The lowest BCUT2D eigenvalue weighted by Gasteiger charge is -2.36. The van der Waals surface area contributed by atoms with Crippen LogP contribution in [0.1, 0.15) is 140 Å². The molecular weight excluding hydrogens is 1800 g/mol. The summed E-state index contributed by atoms with van der Waals surface area (Å²) >= 11 is 0.761. The van der Waals surface area contributed by atoms with Gasteiger partial charge in [0, 0.05) is 118 Å². The molecule has 0 spiro atoms. The van der Waals surface area contributed by atoms with Crippen LogP contribution in [0.2, 0.25) is 0 Å². The van der Waals surface area contributed by atoms with Gasteiger partial charge < -0.3 is 130 Å². The number of carbonyl (C=O) groups excluding carboxylic acids is 17. The molecule has 0 unspecified atom stereocenters. The number of aliphatic carboxylic acids is 1. The molecule has 45 heteroatoms. The fourth-order valence-electron chi connectivity index (χ4n) is 17.1. The lowest BCUT2D eigenvalue weighted by atomic mass is 9.99. The zero-order chi connectivity index (χ0) is 100. The molecule has 9 rings (SSSR count). The van der Waals surface area contributed by atoms with Gasteiger partial charge in [-0.15, -0.1) is 11.8 Å². The number of imidazole rings is 1. The number of carbonyl (C=O) groups is 18. The molecule has 3 saturated heterocycles. The van der Waals surface area contributed by atoms with Gasteiger partial charge in [-0.2, -0.15) is 0 Å². The van der Waals surface area contributed by atoms with Gasteiger partial charge in [0.2, 0.25) is 100 Å². The van der Waals surface area contributed by atoms with Crippen molar-refractivity contribution in [3.8, 4) is 5.75 Å². The van der Waals surface area contributed by atoms with E-state index < -0.39 is 241 Å². The number of carboxylic acid groups (broad SMARTS) is 1. The minimum Gasteiger partial charge on any atom is -0.508 e. The number of aliphatic hydroxyl groups is 1. The number of rotatable bonds is 27. The van der Waals surface area contributed by atoms with Crippen LogP contribution in [0.4, 0.5) is 0 Å². The average molecular weight is 1930 g/mol. The molecule has 44 nitrogen and oxygen atoms in total. The molecule has 23 N–H and O–H groups in total. The van der Waals surface area contributed by atoms with Crippen LogP contribution in [0, 0.1) is 5.92 Å². The number of aromatic amines is 2. The number of primary amides is 2. The third-order valence-corrected chi connectivity index (χ3v) is 25.6. The Morgan fingerprint density at radius 2 is 1.12 bits per heavy atom. The maximum Gasteiger partial charge on any atom is 0.323 e. The highest BCUT2D eigenvalue weighted by molar-refractivity contribution is 8.00. The van der Waals surface area contributed by atoms with Crippen LogP contribution in [-0.2, 0) is 119 Å². The fraction of sp³-hybridized carbons (Fsp3) is 0.533. The molecule has 0 radical (unpaired) electrons. The van der Waals surface area contributed by atoms with Crippen molar-refractivity contribution in [2.75, 3.05) is 65.4 Å². The van der Waals surface area contributed by atoms with E-state index in [4.69, 9.17) is 22.9 Å². The minimum atomic E-state index is -1.78. The molecule has 3 aromatic heterocycles. The smallest absolute Gasteiger partial charge is 0.323 e. The van der Waals surface area contributed by atoms with Crippen LogP contribution in [0.25, 0.3) is 21.8 Å². The van der Waals surface area contributed by atoms with Crippen molar-refractivity contribution in [3.05, 3.63) is 120 Å². The van der Waals surface area contributed by atoms with Crippen molar-refractivity contribution in [1.82, 2.24) is 97.2 Å². The van der Waals surface area contributed by atoms with Crippen molar-refractivity contribution in [2.24, 2.45) is 28.9 Å². The molecule has 6 aromatic rings. The summed E-state index contributed by atoms with van der Waals surface area (Å²) in [5.41, 5.74) is 26.1. The van der Waals surface area contributed by atoms with Gasteiger partial charge in [-0.3, -0.25) is 86.3 Å². The summed E-state index contributed by atoms with van der Waals surface area (Å²) in [5.74, 6) is -18.7. The number of nitrogens with one attached hydrogen (secondary N) is 12. The van der Waals surface area contributed by atoms with Gasteiger partial charge in [0.25, 0.3) is 0 Å². The van der Waals surface area contributed by atoms with Crippen molar-refractivity contribution in [1.29, 1.82) is 0 Å². The molecule has 137 heavy (non-hydrogen) atoms. The number of fused-ring (bicyclic) bond motifs is 4. The molecule has 3 aliphatic heterocycles. The number of phenols is 1. The second kappa shape index (κ2) is 50.9. The van der Waals surface area contributed by atoms with E-state index in [2.05, 4.69) is 68.1 Å². The van der Waals surface area contributed by atoms with Crippen LogP contribution in [0.15, 0.2) is 97.7 Å². The van der Waals surface area contributed by atoms with Crippen LogP contribution >= 0.6 is 11.8 Å². The Hall–Kier alpha value is -13.6. The van der Waals surface area contributed by atoms with Gasteiger partial charge in [0.05, 0.1) is 31.1 Å². The molecule has 744 valence electrons. The van der Waals surface area contributed by atoms with E-state index in [1.54, 1.807) is 68.6 Å². The highest BCUT2D eigenvalue weighted by Crippen LogP contribution is 2.29. The number of aromatic nitrogens is 4. The Morgan fingerprint density at radius 3 is 1.74 bits per heavy atom. The van der Waals surface area contributed by atoms with Gasteiger partial charge in [0.15, 0.2) is 0 Å². The van der Waals surface area contributed by atoms with Gasteiger partial charge >= 0.3 is 5.97 Å². The van der Waals surface area contributed by atoms with Crippen LogP contribution in [0.5, 0.6) is 5.75 Å². The Morgan fingerprint density at radius 1 is 0.562 bits per heavy atom. The minimum absolute atomic E-state index is 0.0203. The highest BCUT2D eigenvalue weighted by Gasteiger charge is 2.47. The number of unbranched alkanes of at least 4 members (excludes halogenated alkanes) is 2. The first-order valence-electron chi connectivity index (χ1n) is 46.0. The summed E-state index contributed by atoms with van der Waals surface area (Å²) in [6.45, 7) is 6.06. The SMILES string of the molecule is CCCC[C@H]1C(=O)N(C)[C@@H](CCCC)C(=O)N[C@@H](CCN)C(=O)N[C@H](C(=O)NCC(N)=O)CSCC(=O)N[C@@H](Cc2ccc(O)cc2)C(=O)N(C)[C@@H](C)C(=O)N[C@@H](CC(N)=O)C(=O)N2CCC[C@H]2C(=O)N[C@@H](Cc2cnc[nH]2)C(=O)N[C@@H](CC(C)C)C(=O)N2C[C@@H](O)C[C@H]2C(=O)N[C@@H](Cc2c[nH]c3ccccc23)C(=O)N[C@@H](CCN)C(=O)N[C@@H](Cc2cn(CC(=O)O)c3ccccc23)C(=O)N1C. The fourth-order valence-corrected chi connectivity index (χ4v) is 18.0. The number of thioether (sulfide) groups is 1. The number of aromatic hydroxyl groups is 1. The number of phenolic OH excluding ortho intramolecular Hbond substituents is 1. The molecular formula is C92H129N23O21S. The Balaban J connectivity index is 1.11. The maximum absolute atomic E-state index is 16.0. The number of nitrogens with two attached hydrogens (primary N) is 4. The first kappa shape index (κ1) is 107. The molecule has 0 aliphatic carbocycles. The van der Waals surface area contributed by atoms with E-state index in [-0.39, 0.29) is 102 Å².